The van der Waals surface area contributed by atoms with E-state index >= 15 is 0 Å². The number of rotatable bonds is 5. The first kappa shape index (κ1) is 17.1. The van der Waals surface area contributed by atoms with Crippen LogP contribution in [0.1, 0.15) is 25.3 Å². The van der Waals surface area contributed by atoms with Gasteiger partial charge in [-0.05, 0) is 43.0 Å². The Balaban J connectivity index is 2.28. The first-order valence-electron chi connectivity index (χ1n) is 7.39. The molecule has 0 aromatic heterocycles. The largest absolute Gasteiger partial charge is 0.479 e. The molecular weight excluding hydrogens is 301 g/mol. The quantitative estimate of drug-likeness (QED) is 0.845. The Bertz CT molecular complexity index is 643. The van der Waals surface area contributed by atoms with Crippen LogP contribution in [0.25, 0.3) is 5.57 Å². The zero-order valence-corrected chi connectivity index (χ0v) is 13.2. The summed E-state index contributed by atoms with van der Waals surface area (Å²) in [5.41, 5.74) is -0.159. The standard InChI is InChI=1S/C17H20FNO4/c1-12(13-5-3-6-14(18)10-13)9-15(20)19-8-4-7-17(19,11-23-2)16(21)22/h3,5-6,9-10H,4,7-8,11H2,1-2H3,(H,21,22)/b12-9+. The lowest BCUT2D eigenvalue weighted by Crippen LogP contribution is -2.55. The topological polar surface area (TPSA) is 66.8 Å². The lowest BCUT2D eigenvalue weighted by molar-refractivity contribution is -0.158. The van der Waals surface area contributed by atoms with Crippen molar-refractivity contribution in [2.45, 2.75) is 25.3 Å². The molecule has 1 aliphatic rings. The van der Waals surface area contributed by atoms with Crippen molar-refractivity contribution in [1.29, 1.82) is 0 Å². The summed E-state index contributed by atoms with van der Waals surface area (Å²) < 4.78 is 18.3. The highest BCUT2D eigenvalue weighted by atomic mass is 19.1. The molecule has 1 aliphatic heterocycles. The van der Waals surface area contributed by atoms with E-state index in [0.29, 0.717) is 30.5 Å². The van der Waals surface area contributed by atoms with E-state index in [2.05, 4.69) is 0 Å². The first-order valence-corrected chi connectivity index (χ1v) is 7.39. The van der Waals surface area contributed by atoms with Crippen molar-refractivity contribution in [1.82, 2.24) is 4.90 Å². The third-order valence-corrected chi connectivity index (χ3v) is 4.16. The van der Waals surface area contributed by atoms with Gasteiger partial charge in [-0.25, -0.2) is 9.18 Å². The molecule has 0 radical (unpaired) electrons. The molecule has 23 heavy (non-hydrogen) atoms. The van der Waals surface area contributed by atoms with E-state index in [0.717, 1.165) is 0 Å². The number of hydrogen-bond donors (Lipinski definition) is 1. The van der Waals surface area contributed by atoms with Gasteiger partial charge in [0.25, 0.3) is 0 Å². The number of carbonyl (C=O) groups is 2. The molecule has 1 fully saturated rings. The molecule has 1 saturated heterocycles. The molecule has 1 heterocycles. The van der Waals surface area contributed by atoms with Crippen molar-refractivity contribution in [3.8, 4) is 0 Å². The van der Waals surface area contributed by atoms with E-state index in [1.165, 1.54) is 30.2 Å². The number of methoxy groups -OCH3 is 1. The fraction of sp³-hybridized carbons (Fsp3) is 0.412. The summed E-state index contributed by atoms with van der Waals surface area (Å²) in [6.45, 7) is 2.00. The van der Waals surface area contributed by atoms with E-state index in [-0.39, 0.29) is 12.4 Å². The number of hydrogen-bond acceptors (Lipinski definition) is 3. The molecule has 0 saturated carbocycles. The number of amides is 1. The van der Waals surface area contributed by atoms with E-state index in [1.54, 1.807) is 19.1 Å². The van der Waals surface area contributed by atoms with Gasteiger partial charge in [0, 0.05) is 19.7 Å². The molecule has 1 N–H and O–H groups in total. The second kappa shape index (κ2) is 6.91. The average Bonchev–Trinajstić information content (AvgIpc) is 2.92. The minimum Gasteiger partial charge on any atom is -0.479 e. The highest BCUT2D eigenvalue weighted by Crippen LogP contribution is 2.31. The molecule has 1 unspecified atom stereocenters. The fourth-order valence-electron chi connectivity index (χ4n) is 2.95. The van der Waals surface area contributed by atoms with Gasteiger partial charge in [0.15, 0.2) is 5.54 Å². The van der Waals surface area contributed by atoms with Gasteiger partial charge < -0.3 is 14.7 Å². The minimum absolute atomic E-state index is 0.0546. The summed E-state index contributed by atoms with van der Waals surface area (Å²) >= 11 is 0. The summed E-state index contributed by atoms with van der Waals surface area (Å²) in [5, 5.41) is 9.56. The van der Waals surface area contributed by atoms with Gasteiger partial charge in [-0.2, -0.15) is 0 Å². The van der Waals surface area contributed by atoms with Crippen LogP contribution in [-0.4, -0.2) is 47.7 Å². The van der Waals surface area contributed by atoms with Crippen molar-refractivity contribution >= 4 is 17.4 Å². The number of carboxylic acid groups (broad SMARTS) is 1. The maximum absolute atomic E-state index is 13.3. The van der Waals surface area contributed by atoms with Crippen LogP contribution in [0.5, 0.6) is 0 Å². The molecule has 6 heteroatoms. The van der Waals surface area contributed by atoms with Crippen LogP contribution in [0.15, 0.2) is 30.3 Å². The Morgan fingerprint density at radius 1 is 1.48 bits per heavy atom. The molecule has 0 aliphatic carbocycles. The molecule has 124 valence electrons. The fourth-order valence-corrected chi connectivity index (χ4v) is 2.95. The smallest absolute Gasteiger partial charge is 0.332 e. The number of allylic oxidation sites excluding steroid dienone is 1. The lowest BCUT2D eigenvalue weighted by atomic mass is 9.97. The van der Waals surface area contributed by atoms with Crippen LogP contribution < -0.4 is 0 Å². The predicted molar refractivity (Wildman–Crippen MR) is 83.2 cm³/mol. The van der Waals surface area contributed by atoms with Crippen LogP contribution in [0.4, 0.5) is 4.39 Å². The zero-order chi connectivity index (χ0) is 17.0. The van der Waals surface area contributed by atoms with Crippen molar-refractivity contribution in [3.05, 3.63) is 41.7 Å². The van der Waals surface area contributed by atoms with Gasteiger partial charge in [-0.3, -0.25) is 4.79 Å². The molecule has 1 atom stereocenters. The van der Waals surface area contributed by atoms with Gasteiger partial charge in [-0.15, -0.1) is 0 Å². The summed E-state index contributed by atoms with van der Waals surface area (Å²) in [6, 6.07) is 5.93. The Kier molecular flexibility index (Phi) is 5.15. The van der Waals surface area contributed by atoms with E-state index in [9.17, 15) is 19.1 Å². The number of ether oxygens (including phenoxy) is 1. The second-order valence-electron chi connectivity index (χ2n) is 5.70. The number of benzene rings is 1. The van der Waals surface area contributed by atoms with Gasteiger partial charge in [0.1, 0.15) is 5.82 Å². The number of carbonyl (C=O) groups excluding carboxylic acids is 1. The van der Waals surface area contributed by atoms with Crippen LogP contribution in [0.2, 0.25) is 0 Å². The third kappa shape index (κ3) is 3.42. The predicted octanol–water partition coefficient (Wildman–Crippen LogP) is 2.32. The highest BCUT2D eigenvalue weighted by Gasteiger charge is 2.49. The maximum Gasteiger partial charge on any atom is 0.332 e. The van der Waals surface area contributed by atoms with Crippen molar-refractivity contribution in [2.75, 3.05) is 20.3 Å². The Morgan fingerprint density at radius 2 is 2.22 bits per heavy atom. The summed E-state index contributed by atoms with van der Waals surface area (Å²) in [7, 11) is 1.42. The SMILES string of the molecule is COCC1(C(=O)O)CCCN1C(=O)/C=C(\C)c1cccc(F)c1. The number of nitrogens with zero attached hydrogens (tertiary/aromatic N) is 1. The van der Waals surface area contributed by atoms with Crippen molar-refractivity contribution in [2.24, 2.45) is 0 Å². The van der Waals surface area contributed by atoms with Gasteiger partial charge >= 0.3 is 5.97 Å². The molecule has 1 aromatic carbocycles. The molecule has 1 aromatic rings. The summed E-state index contributed by atoms with van der Waals surface area (Å²) in [5.74, 6) is -1.85. The number of aliphatic carboxylic acids is 1. The maximum atomic E-state index is 13.3. The lowest BCUT2D eigenvalue weighted by Gasteiger charge is -2.33. The summed E-state index contributed by atoms with van der Waals surface area (Å²) in [6.07, 6.45) is 2.32. The second-order valence-corrected chi connectivity index (χ2v) is 5.70. The van der Waals surface area contributed by atoms with Crippen LogP contribution in [0.3, 0.4) is 0 Å². The Morgan fingerprint density at radius 3 is 2.83 bits per heavy atom. The first-order chi connectivity index (χ1) is 10.9. The normalized spacial score (nSPS) is 21.5. The summed E-state index contributed by atoms with van der Waals surface area (Å²) in [4.78, 5) is 25.6. The molecule has 1 amide bonds. The number of halogens is 1. The van der Waals surface area contributed by atoms with Gasteiger partial charge in [0.05, 0.1) is 6.61 Å². The van der Waals surface area contributed by atoms with E-state index < -0.39 is 17.4 Å². The average molecular weight is 321 g/mol. The Labute approximate surface area is 134 Å². The van der Waals surface area contributed by atoms with Crippen molar-refractivity contribution < 1.29 is 23.8 Å². The molecule has 0 spiro atoms. The van der Waals surface area contributed by atoms with Gasteiger partial charge in [0.2, 0.25) is 5.91 Å². The number of likely N-dealkylation sites (tertiary alicyclic amines) is 1. The van der Waals surface area contributed by atoms with Crippen LogP contribution >= 0.6 is 0 Å². The van der Waals surface area contributed by atoms with Crippen LogP contribution in [0, 0.1) is 5.82 Å². The minimum atomic E-state index is -1.33. The Hall–Kier alpha value is -2.21. The highest BCUT2D eigenvalue weighted by molar-refractivity contribution is 5.98. The van der Waals surface area contributed by atoms with Crippen molar-refractivity contribution in [3.63, 3.8) is 0 Å². The van der Waals surface area contributed by atoms with Crippen LogP contribution in [-0.2, 0) is 14.3 Å². The van der Waals surface area contributed by atoms with E-state index in [4.69, 9.17) is 4.74 Å². The molecule has 5 nitrogen and oxygen atoms in total. The number of carboxylic acids is 1. The molecular formula is C17H20FNO4. The zero-order valence-electron chi connectivity index (χ0n) is 13.2. The monoisotopic (exact) mass is 321 g/mol. The molecule has 2 rings (SSSR count). The van der Waals surface area contributed by atoms with Gasteiger partial charge in [-0.1, -0.05) is 12.1 Å². The van der Waals surface area contributed by atoms with E-state index in [1.807, 2.05) is 0 Å². The molecule has 0 bridgehead atoms. The third-order valence-electron chi connectivity index (χ3n) is 4.16.